The average Bonchev–Trinajstić information content (AvgIpc) is 3.09. The summed E-state index contributed by atoms with van der Waals surface area (Å²) >= 11 is 0. The highest BCUT2D eigenvalue weighted by atomic mass is 19.1. The van der Waals surface area contributed by atoms with Gasteiger partial charge < -0.3 is 9.47 Å². The monoisotopic (exact) mass is 423 g/mol. The number of aryl methyl sites for hydroxylation is 1. The molecule has 3 aromatic rings. The third kappa shape index (κ3) is 5.37. The predicted octanol–water partition coefficient (Wildman–Crippen LogP) is 4.54. The lowest BCUT2D eigenvalue weighted by molar-refractivity contribution is -0.132. The van der Waals surface area contributed by atoms with Crippen molar-refractivity contribution >= 4 is 5.91 Å². The van der Waals surface area contributed by atoms with E-state index in [-0.39, 0.29) is 24.0 Å². The molecule has 0 radical (unpaired) electrons. The number of halogens is 2. The van der Waals surface area contributed by atoms with Crippen molar-refractivity contribution in [3.05, 3.63) is 89.0 Å². The average molecular weight is 424 g/mol. The highest BCUT2D eigenvalue weighted by Crippen LogP contribution is 2.22. The molecule has 0 spiro atoms. The van der Waals surface area contributed by atoms with Gasteiger partial charge in [0.25, 0.3) is 0 Å². The van der Waals surface area contributed by atoms with Crippen LogP contribution in [0.15, 0.2) is 54.7 Å². The maximum absolute atomic E-state index is 13.4. The summed E-state index contributed by atoms with van der Waals surface area (Å²) in [5.74, 6) is 0.813. The number of imidazole rings is 1. The van der Waals surface area contributed by atoms with E-state index in [1.807, 2.05) is 18.0 Å². The molecule has 1 unspecified atom stereocenters. The van der Waals surface area contributed by atoms with Crippen LogP contribution in [0.5, 0.6) is 0 Å². The van der Waals surface area contributed by atoms with E-state index < -0.39 is 0 Å². The maximum Gasteiger partial charge on any atom is 0.227 e. The number of hydrogen-bond donors (Lipinski definition) is 0. The third-order valence-corrected chi connectivity index (χ3v) is 5.98. The zero-order valence-corrected chi connectivity index (χ0v) is 17.7. The first-order valence-electron chi connectivity index (χ1n) is 10.8. The summed E-state index contributed by atoms with van der Waals surface area (Å²) in [7, 11) is 0. The fourth-order valence-electron chi connectivity index (χ4n) is 4.31. The molecular weight excluding hydrogens is 396 g/mol. The van der Waals surface area contributed by atoms with Crippen LogP contribution in [0.25, 0.3) is 0 Å². The number of piperidine rings is 1. The van der Waals surface area contributed by atoms with Gasteiger partial charge in [-0.05, 0) is 61.1 Å². The molecular formula is C25H27F2N3O. The quantitative estimate of drug-likeness (QED) is 0.584. The molecule has 2 heterocycles. The maximum atomic E-state index is 13.4. The highest BCUT2D eigenvalue weighted by Gasteiger charge is 2.25. The minimum atomic E-state index is -0.315. The van der Waals surface area contributed by atoms with Crippen molar-refractivity contribution in [2.45, 2.75) is 39.2 Å². The lowest BCUT2D eigenvalue weighted by Crippen LogP contribution is -2.41. The number of benzene rings is 2. The Morgan fingerprint density at radius 1 is 1.10 bits per heavy atom. The molecule has 2 aromatic carbocycles. The smallest absolute Gasteiger partial charge is 0.227 e. The van der Waals surface area contributed by atoms with Gasteiger partial charge in [-0.2, -0.15) is 0 Å². The van der Waals surface area contributed by atoms with Gasteiger partial charge in [-0.25, -0.2) is 13.8 Å². The van der Waals surface area contributed by atoms with Gasteiger partial charge in [-0.3, -0.25) is 4.79 Å². The van der Waals surface area contributed by atoms with Crippen molar-refractivity contribution in [3.63, 3.8) is 0 Å². The lowest BCUT2D eigenvalue weighted by Gasteiger charge is -2.33. The first kappa shape index (κ1) is 21.2. The van der Waals surface area contributed by atoms with Gasteiger partial charge in [0.1, 0.15) is 17.5 Å². The van der Waals surface area contributed by atoms with E-state index in [4.69, 9.17) is 0 Å². The van der Waals surface area contributed by atoms with Crippen LogP contribution < -0.4 is 0 Å². The SMILES string of the molecule is Cc1cnc(CC2CCCN(C(=O)Cc3cccc(F)c3)C2)n1Cc1ccc(F)cc1. The summed E-state index contributed by atoms with van der Waals surface area (Å²) in [6.07, 6.45) is 4.89. The molecule has 1 saturated heterocycles. The van der Waals surface area contributed by atoms with Gasteiger partial charge in [0.2, 0.25) is 5.91 Å². The van der Waals surface area contributed by atoms with Crippen LogP contribution in [0, 0.1) is 24.5 Å². The molecule has 1 fully saturated rings. The first-order chi connectivity index (χ1) is 15.0. The summed E-state index contributed by atoms with van der Waals surface area (Å²) in [5.41, 5.74) is 2.80. The van der Waals surface area contributed by atoms with Gasteiger partial charge in [-0.15, -0.1) is 0 Å². The zero-order chi connectivity index (χ0) is 21.8. The molecule has 1 amide bonds. The number of aromatic nitrogens is 2. The highest BCUT2D eigenvalue weighted by molar-refractivity contribution is 5.78. The van der Waals surface area contributed by atoms with Crippen LogP contribution in [0.4, 0.5) is 8.78 Å². The molecule has 1 aliphatic rings. The van der Waals surface area contributed by atoms with Crippen LogP contribution >= 0.6 is 0 Å². The number of carbonyl (C=O) groups excluding carboxylic acids is 1. The van der Waals surface area contributed by atoms with Crippen molar-refractivity contribution < 1.29 is 13.6 Å². The molecule has 4 nitrogen and oxygen atoms in total. The topological polar surface area (TPSA) is 38.1 Å². The van der Waals surface area contributed by atoms with E-state index in [2.05, 4.69) is 9.55 Å². The third-order valence-electron chi connectivity index (χ3n) is 5.98. The molecule has 0 saturated carbocycles. The summed E-state index contributed by atoms with van der Waals surface area (Å²) in [6, 6.07) is 12.8. The summed E-state index contributed by atoms with van der Waals surface area (Å²) in [5, 5.41) is 0. The standard InChI is InChI=1S/C25H27F2N3O/c1-18-15-28-24(30(18)17-19-7-9-22(26)10-8-19)13-21-5-3-11-29(16-21)25(31)14-20-4-2-6-23(27)12-20/h2,4,6-10,12,15,21H,3,5,11,13-14,16-17H2,1H3. The van der Waals surface area contributed by atoms with Crippen LogP contribution in [-0.4, -0.2) is 33.4 Å². The van der Waals surface area contributed by atoms with E-state index in [0.29, 0.717) is 24.6 Å². The van der Waals surface area contributed by atoms with Gasteiger partial charge >= 0.3 is 0 Å². The largest absolute Gasteiger partial charge is 0.342 e. The molecule has 1 atom stereocenters. The fraction of sp³-hybridized carbons (Fsp3) is 0.360. The zero-order valence-electron chi connectivity index (χ0n) is 17.7. The lowest BCUT2D eigenvalue weighted by atomic mass is 9.94. The van der Waals surface area contributed by atoms with Crippen LogP contribution in [0.1, 0.15) is 35.5 Å². The summed E-state index contributed by atoms with van der Waals surface area (Å²) in [6.45, 7) is 4.11. The Balaban J connectivity index is 1.40. The predicted molar refractivity (Wildman–Crippen MR) is 116 cm³/mol. The van der Waals surface area contributed by atoms with Crippen molar-refractivity contribution in [1.29, 1.82) is 0 Å². The van der Waals surface area contributed by atoms with E-state index in [0.717, 1.165) is 42.9 Å². The van der Waals surface area contributed by atoms with E-state index >= 15 is 0 Å². The van der Waals surface area contributed by atoms with Gasteiger partial charge in [0.15, 0.2) is 0 Å². The Morgan fingerprint density at radius 3 is 2.68 bits per heavy atom. The molecule has 4 rings (SSSR count). The van der Waals surface area contributed by atoms with E-state index in [1.54, 1.807) is 24.3 Å². The molecule has 6 heteroatoms. The minimum absolute atomic E-state index is 0.0427. The van der Waals surface area contributed by atoms with E-state index in [9.17, 15) is 13.6 Å². The van der Waals surface area contributed by atoms with Crippen molar-refractivity contribution in [1.82, 2.24) is 14.5 Å². The molecule has 0 aliphatic carbocycles. The molecule has 162 valence electrons. The minimum Gasteiger partial charge on any atom is -0.342 e. The Bertz CT molecular complexity index is 1050. The Kier molecular flexibility index (Phi) is 6.44. The Labute approximate surface area is 181 Å². The second-order valence-corrected chi connectivity index (χ2v) is 8.39. The number of hydrogen-bond acceptors (Lipinski definition) is 2. The van der Waals surface area contributed by atoms with E-state index in [1.165, 1.54) is 24.3 Å². The number of likely N-dealkylation sites (tertiary alicyclic amines) is 1. The number of amides is 1. The second kappa shape index (κ2) is 9.41. The van der Waals surface area contributed by atoms with Gasteiger partial charge in [-0.1, -0.05) is 24.3 Å². The summed E-state index contributed by atoms with van der Waals surface area (Å²) < 4.78 is 28.8. The number of nitrogens with zero attached hydrogens (tertiary/aromatic N) is 3. The number of rotatable bonds is 6. The molecule has 1 aromatic heterocycles. The molecule has 1 aliphatic heterocycles. The first-order valence-corrected chi connectivity index (χ1v) is 10.8. The Morgan fingerprint density at radius 2 is 1.90 bits per heavy atom. The molecule has 0 N–H and O–H groups in total. The van der Waals surface area contributed by atoms with Crippen molar-refractivity contribution in [2.24, 2.45) is 5.92 Å². The van der Waals surface area contributed by atoms with Crippen LogP contribution in [0.2, 0.25) is 0 Å². The van der Waals surface area contributed by atoms with Crippen molar-refractivity contribution in [3.8, 4) is 0 Å². The fourth-order valence-corrected chi connectivity index (χ4v) is 4.31. The van der Waals surface area contributed by atoms with Gasteiger partial charge in [0.05, 0.1) is 6.42 Å². The Hall–Kier alpha value is -3.02. The normalized spacial score (nSPS) is 16.5. The molecule has 31 heavy (non-hydrogen) atoms. The van der Waals surface area contributed by atoms with Crippen LogP contribution in [0.3, 0.4) is 0 Å². The number of carbonyl (C=O) groups is 1. The van der Waals surface area contributed by atoms with Crippen LogP contribution in [-0.2, 0) is 24.2 Å². The van der Waals surface area contributed by atoms with Gasteiger partial charge in [0, 0.05) is 37.9 Å². The second-order valence-electron chi connectivity index (χ2n) is 8.39. The molecule has 0 bridgehead atoms. The summed E-state index contributed by atoms with van der Waals surface area (Å²) in [4.78, 5) is 19.3. The van der Waals surface area contributed by atoms with Crippen molar-refractivity contribution in [2.75, 3.05) is 13.1 Å².